The lowest BCUT2D eigenvalue weighted by Crippen LogP contribution is -2.43. The fraction of sp³-hybridized carbons (Fsp3) is 0.448. The molecule has 1 heterocycles. The van der Waals surface area contributed by atoms with Crippen molar-refractivity contribution in [3.63, 3.8) is 0 Å². The van der Waals surface area contributed by atoms with Gasteiger partial charge < -0.3 is 15.0 Å². The smallest absolute Gasteiger partial charge is 0.410 e. The van der Waals surface area contributed by atoms with Crippen molar-refractivity contribution in [3.8, 4) is 11.1 Å². The Balaban J connectivity index is 1.93. The first-order valence-corrected chi connectivity index (χ1v) is 12.3. The first-order chi connectivity index (χ1) is 16.5. The summed E-state index contributed by atoms with van der Waals surface area (Å²) >= 11 is 0. The van der Waals surface area contributed by atoms with Crippen molar-refractivity contribution in [1.82, 2.24) is 10.2 Å². The van der Waals surface area contributed by atoms with Crippen molar-refractivity contribution in [2.45, 2.75) is 59.5 Å². The van der Waals surface area contributed by atoms with Crippen molar-refractivity contribution >= 4 is 17.6 Å². The number of benzene rings is 2. The zero-order chi connectivity index (χ0) is 25.6. The molecular formula is C29H37FN2O3. The van der Waals surface area contributed by atoms with Gasteiger partial charge in [0.25, 0.3) is 0 Å². The van der Waals surface area contributed by atoms with Gasteiger partial charge in [0.1, 0.15) is 11.4 Å². The molecule has 5 nitrogen and oxygen atoms in total. The summed E-state index contributed by atoms with van der Waals surface area (Å²) in [6.07, 6.45) is 4.24. The minimum atomic E-state index is -0.555. The molecule has 3 rings (SSSR count). The third-order valence-electron chi connectivity index (χ3n) is 6.02. The molecule has 0 spiro atoms. The van der Waals surface area contributed by atoms with Crippen LogP contribution >= 0.6 is 0 Å². The topological polar surface area (TPSA) is 58.6 Å². The number of piperidine rings is 1. The average Bonchev–Trinajstić information content (AvgIpc) is 2.78. The number of nitrogens with one attached hydrogen (secondary N) is 1. The summed E-state index contributed by atoms with van der Waals surface area (Å²) in [6.45, 7) is 10.8. The zero-order valence-corrected chi connectivity index (χ0v) is 21.5. The zero-order valence-electron chi connectivity index (χ0n) is 21.5. The van der Waals surface area contributed by atoms with E-state index < -0.39 is 5.60 Å². The molecule has 0 bridgehead atoms. The van der Waals surface area contributed by atoms with E-state index in [1.807, 2.05) is 64.1 Å². The Kier molecular flexibility index (Phi) is 8.71. The standard InChI is InChI=1S/C29H37FN2O3/c1-20-9-6-10-22(17-20)26-18-23(13-14-27(26)30)25(12-7-15-31-21(2)33)24-11-8-16-32(19-24)28(34)35-29(3,4)5/h6,9-10,12-14,17-18,24H,7-8,11,15-16,19H2,1-5H3,(H,31,33)/b25-12+/t24-/m1/s1. The van der Waals surface area contributed by atoms with Gasteiger partial charge in [-0.15, -0.1) is 0 Å². The maximum atomic E-state index is 14.9. The second-order valence-corrected chi connectivity index (χ2v) is 10.3. The van der Waals surface area contributed by atoms with Crippen molar-refractivity contribution < 1.29 is 18.7 Å². The van der Waals surface area contributed by atoms with Crippen LogP contribution in [0, 0.1) is 18.7 Å². The van der Waals surface area contributed by atoms with Gasteiger partial charge in [-0.2, -0.15) is 0 Å². The number of amides is 2. The lowest BCUT2D eigenvalue weighted by molar-refractivity contribution is -0.118. The molecule has 1 aliphatic heterocycles. The highest BCUT2D eigenvalue weighted by Gasteiger charge is 2.30. The van der Waals surface area contributed by atoms with Gasteiger partial charge in [-0.3, -0.25) is 4.79 Å². The van der Waals surface area contributed by atoms with Crippen LogP contribution in [0.25, 0.3) is 16.7 Å². The number of carbonyl (C=O) groups is 2. The quantitative estimate of drug-likeness (QED) is 0.490. The molecule has 0 radical (unpaired) electrons. The van der Waals surface area contributed by atoms with Gasteiger partial charge >= 0.3 is 6.09 Å². The number of hydrogen-bond acceptors (Lipinski definition) is 3. The molecular weight excluding hydrogens is 443 g/mol. The Labute approximate surface area is 208 Å². The first-order valence-electron chi connectivity index (χ1n) is 12.3. The number of hydrogen-bond donors (Lipinski definition) is 1. The van der Waals surface area contributed by atoms with E-state index in [4.69, 9.17) is 4.74 Å². The third-order valence-corrected chi connectivity index (χ3v) is 6.02. The molecule has 1 saturated heterocycles. The van der Waals surface area contributed by atoms with Crippen molar-refractivity contribution in [3.05, 3.63) is 65.5 Å². The molecule has 1 atom stereocenters. The molecule has 0 saturated carbocycles. The molecule has 2 aromatic rings. The van der Waals surface area contributed by atoms with Crippen LogP contribution in [0.15, 0.2) is 48.5 Å². The highest BCUT2D eigenvalue weighted by Crippen LogP contribution is 2.35. The predicted octanol–water partition coefficient (Wildman–Crippen LogP) is 6.36. The summed E-state index contributed by atoms with van der Waals surface area (Å²) in [5.74, 6) is -0.252. The summed E-state index contributed by atoms with van der Waals surface area (Å²) in [5, 5.41) is 2.83. The molecule has 1 fully saturated rings. The van der Waals surface area contributed by atoms with E-state index in [0.29, 0.717) is 31.6 Å². The number of likely N-dealkylation sites (tertiary alicyclic amines) is 1. The lowest BCUT2D eigenvalue weighted by atomic mass is 9.84. The van der Waals surface area contributed by atoms with Gasteiger partial charge in [0.05, 0.1) is 0 Å². The van der Waals surface area contributed by atoms with Crippen molar-refractivity contribution in [1.29, 1.82) is 0 Å². The second-order valence-electron chi connectivity index (χ2n) is 10.3. The summed E-state index contributed by atoms with van der Waals surface area (Å²) < 4.78 is 20.5. The van der Waals surface area contributed by atoms with Crippen LogP contribution < -0.4 is 5.32 Å². The SMILES string of the molecule is CC(=O)NCC/C=C(\c1ccc(F)c(-c2cccc(C)c2)c1)[C@@H]1CCCN(C(=O)OC(C)(C)C)C1. The predicted molar refractivity (Wildman–Crippen MR) is 138 cm³/mol. The summed E-state index contributed by atoms with van der Waals surface area (Å²) in [4.78, 5) is 25.9. The van der Waals surface area contributed by atoms with Crippen LogP contribution in [0.1, 0.15) is 58.1 Å². The Morgan fingerprint density at radius 2 is 1.97 bits per heavy atom. The normalized spacial score (nSPS) is 16.7. The Bertz CT molecular complexity index is 1090. The van der Waals surface area contributed by atoms with Gasteiger partial charge in [0.15, 0.2) is 0 Å². The van der Waals surface area contributed by atoms with Crippen LogP contribution in [0.3, 0.4) is 0 Å². The number of carbonyl (C=O) groups excluding carboxylic acids is 2. The molecule has 0 aromatic heterocycles. The first kappa shape index (κ1) is 26.5. The molecule has 35 heavy (non-hydrogen) atoms. The van der Waals surface area contributed by atoms with Gasteiger partial charge in [0.2, 0.25) is 5.91 Å². The highest BCUT2D eigenvalue weighted by atomic mass is 19.1. The summed E-state index contributed by atoms with van der Waals surface area (Å²) in [5.41, 5.74) is 3.90. The number of aryl methyl sites for hydroxylation is 1. The molecule has 2 aromatic carbocycles. The fourth-order valence-electron chi connectivity index (χ4n) is 4.46. The molecule has 188 valence electrons. The minimum absolute atomic E-state index is 0.0720. The lowest BCUT2D eigenvalue weighted by Gasteiger charge is -2.35. The van der Waals surface area contributed by atoms with Crippen LogP contribution in [-0.4, -0.2) is 42.1 Å². The Morgan fingerprint density at radius 3 is 2.66 bits per heavy atom. The maximum absolute atomic E-state index is 14.9. The Hall–Kier alpha value is -3.15. The molecule has 1 N–H and O–H groups in total. The van der Waals surface area contributed by atoms with E-state index in [1.54, 1.807) is 4.90 Å². The number of halogens is 1. The van der Waals surface area contributed by atoms with E-state index in [1.165, 1.54) is 13.0 Å². The molecule has 0 unspecified atom stereocenters. The van der Waals surface area contributed by atoms with Gasteiger partial charge in [-0.05, 0) is 75.8 Å². The summed E-state index contributed by atoms with van der Waals surface area (Å²) in [7, 11) is 0. The van der Waals surface area contributed by atoms with Crippen LogP contribution in [0.4, 0.5) is 9.18 Å². The van der Waals surface area contributed by atoms with E-state index >= 15 is 0 Å². The van der Waals surface area contributed by atoms with E-state index in [0.717, 1.165) is 35.1 Å². The van der Waals surface area contributed by atoms with Crippen LogP contribution in [0.5, 0.6) is 0 Å². The van der Waals surface area contributed by atoms with Crippen LogP contribution in [-0.2, 0) is 9.53 Å². The van der Waals surface area contributed by atoms with Gasteiger partial charge in [0, 0.05) is 38.0 Å². The van der Waals surface area contributed by atoms with Gasteiger partial charge in [-0.25, -0.2) is 9.18 Å². The second kappa shape index (κ2) is 11.5. The van der Waals surface area contributed by atoms with E-state index in [-0.39, 0.29) is 23.7 Å². The Morgan fingerprint density at radius 1 is 1.20 bits per heavy atom. The molecule has 1 aliphatic rings. The van der Waals surface area contributed by atoms with Crippen molar-refractivity contribution in [2.24, 2.45) is 5.92 Å². The average molecular weight is 481 g/mol. The third kappa shape index (κ3) is 7.67. The highest BCUT2D eigenvalue weighted by molar-refractivity contribution is 5.76. The molecule has 6 heteroatoms. The number of ether oxygens (including phenoxy) is 1. The van der Waals surface area contributed by atoms with E-state index in [9.17, 15) is 14.0 Å². The maximum Gasteiger partial charge on any atom is 0.410 e. The molecule has 2 amide bonds. The summed E-state index contributed by atoms with van der Waals surface area (Å²) in [6, 6.07) is 13.1. The monoisotopic (exact) mass is 480 g/mol. The largest absolute Gasteiger partial charge is 0.444 e. The fourth-order valence-corrected chi connectivity index (χ4v) is 4.46. The molecule has 0 aliphatic carbocycles. The van der Waals surface area contributed by atoms with Crippen molar-refractivity contribution in [2.75, 3.05) is 19.6 Å². The van der Waals surface area contributed by atoms with Crippen LogP contribution in [0.2, 0.25) is 0 Å². The number of nitrogens with zero attached hydrogens (tertiary/aromatic N) is 1. The van der Waals surface area contributed by atoms with Gasteiger partial charge in [-0.1, -0.05) is 42.0 Å². The number of rotatable bonds is 6. The minimum Gasteiger partial charge on any atom is -0.444 e. The van der Waals surface area contributed by atoms with E-state index in [2.05, 4.69) is 11.4 Å².